The van der Waals surface area contributed by atoms with Crippen LogP contribution in [0.15, 0.2) is 42.5 Å². The third kappa shape index (κ3) is 3.48. The lowest BCUT2D eigenvalue weighted by Crippen LogP contribution is -2.00. The smallest absolute Gasteiger partial charge is 0.124 e. The zero-order valence-electron chi connectivity index (χ0n) is 12.6. The second-order valence-corrected chi connectivity index (χ2v) is 5.47. The van der Waals surface area contributed by atoms with Crippen molar-refractivity contribution in [2.24, 2.45) is 0 Å². The van der Waals surface area contributed by atoms with Crippen molar-refractivity contribution in [2.75, 3.05) is 19.5 Å². The predicted octanol–water partition coefficient (Wildman–Crippen LogP) is 4.19. The number of hydrogen-bond donors (Lipinski definition) is 1. The average Bonchev–Trinajstić information content (AvgIpc) is 3.38. The largest absolute Gasteiger partial charge is 0.497 e. The molecule has 0 radical (unpaired) electrons. The first-order valence-corrected chi connectivity index (χ1v) is 7.34. The Bertz CT molecular complexity index is 581. The maximum Gasteiger partial charge on any atom is 0.124 e. The Morgan fingerprint density at radius 1 is 0.952 bits per heavy atom. The number of ether oxygens (including phenoxy) is 2. The van der Waals surface area contributed by atoms with Crippen LogP contribution in [0.25, 0.3) is 0 Å². The summed E-state index contributed by atoms with van der Waals surface area (Å²) in [7, 11) is 3.32. The molecule has 3 heteroatoms. The van der Waals surface area contributed by atoms with E-state index in [0.717, 1.165) is 29.6 Å². The van der Waals surface area contributed by atoms with Crippen LogP contribution in [0.1, 0.15) is 29.9 Å². The molecule has 0 bridgehead atoms. The van der Waals surface area contributed by atoms with Gasteiger partial charge in [-0.05, 0) is 29.9 Å². The van der Waals surface area contributed by atoms with Crippen LogP contribution in [0.3, 0.4) is 0 Å². The molecule has 110 valence electrons. The van der Waals surface area contributed by atoms with Gasteiger partial charge in [0, 0.05) is 30.4 Å². The average molecular weight is 283 g/mol. The van der Waals surface area contributed by atoms with E-state index >= 15 is 0 Å². The predicted molar refractivity (Wildman–Crippen MR) is 85.3 cm³/mol. The first kappa shape index (κ1) is 13.8. The van der Waals surface area contributed by atoms with Gasteiger partial charge in [-0.25, -0.2) is 0 Å². The van der Waals surface area contributed by atoms with Gasteiger partial charge in [-0.15, -0.1) is 0 Å². The summed E-state index contributed by atoms with van der Waals surface area (Å²) >= 11 is 0. The molecule has 2 aromatic carbocycles. The van der Waals surface area contributed by atoms with Gasteiger partial charge in [-0.1, -0.05) is 24.3 Å². The second kappa shape index (κ2) is 6.08. The van der Waals surface area contributed by atoms with Gasteiger partial charge in [0.1, 0.15) is 11.5 Å². The highest BCUT2D eigenvalue weighted by Crippen LogP contribution is 2.39. The summed E-state index contributed by atoms with van der Waals surface area (Å²) in [5.41, 5.74) is 3.75. The molecule has 1 saturated carbocycles. The minimum Gasteiger partial charge on any atom is -0.497 e. The maximum absolute atomic E-state index is 5.28. The van der Waals surface area contributed by atoms with E-state index in [9.17, 15) is 0 Å². The molecule has 0 heterocycles. The molecule has 3 nitrogen and oxygen atoms in total. The van der Waals surface area contributed by atoms with Gasteiger partial charge < -0.3 is 14.8 Å². The Morgan fingerprint density at radius 3 is 2.10 bits per heavy atom. The minimum absolute atomic E-state index is 0.793. The van der Waals surface area contributed by atoms with E-state index in [-0.39, 0.29) is 0 Å². The van der Waals surface area contributed by atoms with Crippen molar-refractivity contribution in [1.82, 2.24) is 0 Å². The SMILES string of the molecule is COc1cc(NCc2ccc(C3CC3)cc2)cc(OC)c1. The summed E-state index contributed by atoms with van der Waals surface area (Å²) in [5, 5.41) is 3.41. The van der Waals surface area contributed by atoms with Crippen LogP contribution in [0.2, 0.25) is 0 Å². The Kier molecular flexibility index (Phi) is 4.00. The summed E-state index contributed by atoms with van der Waals surface area (Å²) < 4.78 is 10.6. The Hall–Kier alpha value is -2.16. The van der Waals surface area contributed by atoms with E-state index in [1.54, 1.807) is 14.2 Å². The van der Waals surface area contributed by atoms with Crippen molar-refractivity contribution >= 4 is 5.69 Å². The molecule has 21 heavy (non-hydrogen) atoms. The lowest BCUT2D eigenvalue weighted by atomic mass is 10.1. The molecule has 1 aliphatic carbocycles. The number of hydrogen-bond acceptors (Lipinski definition) is 3. The molecule has 1 fully saturated rings. The van der Waals surface area contributed by atoms with Crippen molar-refractivity contribution in [3.05, 3.63) is 53.6 Å². The van der Waals surface area contributed by atoms with Crippen molar-refractivity contribution in [2.45, 2.75) is 25.3 Å². The molecule has 0 aliphatic heterocycles. The van der Waals surface area contributed by atoms with E-state index in [4.69, 9.17) is 9.47 Å². The van der Waals surface area contributed by atoms with Crippen LogP contribution in [0.4, 0.5) is 5.69 Å². The molecule has 0 aromatic heterocycles. The van der Waals surface area contributed by atoms with Gasteiger partial charge >= 0.3 is 0 Å². The summed E-state index contributed by atoms with van der Waals surface area (Å²) in [6.45, 7) is 0.793. The van der Waals surface area contributed by atoms with Gasteiger partial charge in [0.25, 0.3) is 0 Å². The van der Waals surface area contributed by atoms with Crippen LogP contribution < -0.4 is 14.8 Å². The normalized spacial score (nSPS) is 13.8. The Labute approximate surface area is 125 Å². The van der Waals surface area contributed by atoms with E-state index in [1.807, 2.05) is 18.2 Å². The van der Waals surface area contributed by atoms with Crippen molar-refractivity contribution in [3.63, 3.8) is 0 Å². The lowest BCUT2D eigenvalue weighted by Gasteiger charge is -2.11. The molecule has 1 aliphatic rings. The zero-order valence-corrected chi connectivity index (χ0v) is 12.6. The molecule has 0 unspecified atom stereocenters. The van der Waals surface area contributed by atoms with Gasteiger partial charge in [0.15, 0.2) is 0 Å². The van der Waals surface area contributed by atoms with Crippen LogP contribution in [0.5, 0.6) is 11.5 Å². The van der Waals surface area contributed by atoms with Crippen LogP contribution in [0, 0.1) is 0 Å². The zero-order chi connectivity index (χ0) is 14.7. The molecular formula is C18H21NO2. The Morgan fingerprint density at radius 2 is 1.57 bits per heavy atom. The van der Waals surface area contributed by atoms with Crippen molar-refractivity contribution < 1.29 is 9.47 Å². The summed E-state index contributed by atoms with van der Waals surface area (Å²) in [5.74, 6) is 2.40. The fourth-order valence-electron chi connectivity index (χ4n) is 2.44. The van der Waals surface area contributed by atoms with Gasteiger partial charge in [0.2, 0.25) is 0 Å². The minimum atomic E-state index is 0.793. The molecule has 3 rings (SSSR count). The molecule has 2 aromatic rings. The van der Waals surface area contributed by atoms with Crippen LogP contribution >= 0.6 is 0 Å². The summed E-state index contributed by atoms with van der Waals surface area (Å²) in [4.78, 5) is 0. The fraction of sp³-hybridized carbons (Fsp3) is 0.333. The van der Waals surface area contributed by atoms with E-state index in [2.05, 4.69) is 29.6 Å². The molecule has 0 atom stereocenters. The van der Waals surface area contributed by atoms with E-state index < -0.39 is 0 Å². The number of methoxy groups -OCH3 is 2. The number of anilines is 1. The van der Waals surface area contributed by atoms with Crippen molar-refractivity contribution in [3.8, 4) is 11.5 Å². The van der Waals surface area contributed by atoms with Gasteiger partial charge in [-0.3, -0.25) is 0 Å². The molecular weight excluding hydrogens is 262 g/mol. The standard InChI is InChI=1S/C18H21NO2/c1-20-17-9-16(10-18(11-17)21-2)19-12-13-3-5-14(6-4-13)15-7-8-15/h3-6,9-11,15,19H,7-8,12H2,1-2H3. The fourth-order valence-corrected chi connectivity index (χ4v) is 2.44. The number of rotatable bonds is 6. The first-order chi connectivity index (χ1) is 10.3. The maximum atomic E-state index is 5.28. The second-order valence-electron chi connectivity index (χ2n) is 5.47. The van der Waals surface area contributed by atoms with Gasteiger partial charge in [0.05, 0.1) is 14.2 Å². The monoisotopic (exact) mass is 283 g/mol. The summed E-state index contributed by atoms with van der Waals surface area (Å²) in [6, 6.07) is 14.7. The Balaban J connectivity index is 1.66. The summed E-state index contributed by atoms with van der Waals surface area (Å²) in [6.07, 6.45) is 2.70. The third-order valence-corrected chi connectivity index (χ3v) is 3.88. The molecule has 0 spiro atoms. The highest BCUT2D eigenvalue weighted by Gasteiger charge is 2.22. The van der Waals surface area contributed by atoms with Crippen molar-refractivity contribution in [1.29, 1.82) is 0 Å². The molecule has 0 saturated heterocycles. The topological polar surface area (TPSA) is 30.5 Å². The van der Waals surface area contributed by atoms with Gasteiger partial charge in [-0.2, -0.15) is 0 Å². The van der Waals surface area contributed by atoms with Crippen LogP contribution in [-0.4, -0.2) is 14.2 Å². The molecule has 1 N–H and O–H groups in total. The first-order valence-electron chi connectivity index (χ1n) is 7.34. The highest BCUT2D eigenvalue weighted by molar-refractivity contribution is 5.54. The molecule has 0 amide bonds. The van der Waals surface area contributed by atoms with E-state index in [1.165, 1.54) is 24.0 Å². The third-order valence-electron chi connectivity index (χ3n) is 3.88. The highest BCUT2D eigenvalue weighted by atomic mass is 16.5. The lowest BCUT2D eigenvalue weighted by molar-refractivity contribution is 0.394. The van der Waals surface area contributed by atoms with Crippen LogP contribution in [-0.2, 0) is 6.54 Å². The number of benzene rings is 2. The number of nitrogens with one attached hydrogen (secondary N) is 1. The quantitative estimate of drug-likeness (QED) is 0.862. The van der Waals surface area contributed by atoms with E-state index in [0.29, 0.717) is 0 Å².